The Morgan fingerprint density at radius 2 is 1.17 bits per heavy atom. The fourth-order valence-electron chi connectivity index (χ4n) is 17.1. The summed E-state index contributed by atoms with van der Waals surface area (Å²) in [5.74, 6) is -0.420. The number of primary amides is 3. The van der Waals surface area contributed by atoms with Gasteiger partial charge in [0, 0.05) is 111 Å². The van der Waals surface area contributed by atoms with Crippen molar-refractivity contribution in [1.29, 1.82) is 0 Å². The fourth-order valence-corrected chi connectivity index (χ4v) is 18.9. The van der Waals surface area contributed by atoms with Crippen LogP contribution in [-0.4, -0.2) is 142 Å². The zero-order valence-electron chi connectivity index (χ0n) is 72.5. The molecule has 0 atom stereocenters. The predicted molar refractivity (Wildman–Crippen MR) is 479 cm³/mol. The number of ether oxygens (including phenoxy) is 4. The molecule has 0 saturated heterocycles. The fraction of sp³-hybridized carbons (Fsp3) is 0.451. The molecule has 676 valence electrons. The van der Waals surface area contributed by atoms with E-state index in [0.29, 0.717) is 97.2 Å². The largest absolute Gasteiger partial charge is 0.462 e. The van der Waals surface area contributed by atoms with Crippen LogP contribution < -0.4 is 53.7 Å². The van der Waals surface area contributed by atoms with Crippen molar-refractivity contribution in [1.82, 2.24) is 49.0 Å². The summed E-state index contributed by atoms with van der Waals surface area (Å²) in [6.07, 6.45) is 2.47. The number of hydrogen-bond acceptors (Lipinski definition) is 22. The van der Waals surface area contributed by atoms with E-state index in [2.05, 4.69) is 101 Å². The first-order valence-corrected chi connectivity index (χ1v) is 44.3. The number of nitrogens with zero attached hydrogens (tertiary/aromatic N) is 9. The third-order valence-corrected chi connectivity index (χ3v) is 25.5. The van der Waals surface area contributed by atoms with Crippen LogP contribution in [0.15, 0.2) is 107 Å². The smallest absolute Gasteiger partial charge is 0.435 e. The molecule has 36 heteroatoms. The maximum absolute atomic E-state index is 13.8. The van der Waals surface area contributed by atoms with E-state index in [1.165, 1.54) is 35.3 Å². The first kappa shape index (κ1) is 93.5. The Labute approximate surface area is 748 Å². The van der Waals surface area contributed by atoms with Crippen molar-refractivity contribution in [2.24, 2.45) is 33.9 Å². The van der Waals surface area contributed by atoms with Crippen LogP contribution in [0.25, 0.3) is 39.1 Å². The molecule has 5 aromatic heterocycles. The van der Waals surface area contributed by atoms with Gasteiger partial charge in [0.25, 0.3) is 17.7 Å². The minimum Gasteiger partial charge on any atom is -0.462 e. The lowest BCUT2D eigenvalue weighted by atomic mass is 9.75. The number of ketones is 3. The number of imidazole rings is 1. The van der Waals surface area contributed by atoms with Gasteiger partial charge in [-0.3, -0.25) is 33.6 Å². The molecule has 0 bridgehead atoms. The molecule has 0 unspecified atom stereocenters. The average Bonchev–Trinajstić information content (AvgIpc) is 1.60. The molecule has 2 saturated carbocycles. The summed E-state index contributed by atoms with van der Waals surface area (Å²) in [5.41, 5.74) is 27.3. The molecule has 2 fully saturated rings. The van der Waals surface area contributed by atoms with Gasteiger partial charge in [0.2, 0.25) is 6.79 Å². The van der Waals surface area contributed by atoms with E-state index < -0.39 is 63.9 Å². The Kier molecular flexibility index (Phi) is 28.3. The third-order valence-electron chi connectivity index (χ3n) is 23.2. The molecule has 10 aromatic rings. The molecule has 0 radical (unpaired) electrons. The highest BCUT2D eigenvalue weighted by atomic mass is 127. The lowest BCUT2D eigenvalue weighted by molar-refractivity contribution is -0.150. The summed E-state index contributed by atoms with van der Waals surface area (Å²) in [6, 6.07) is 26.7. The summed E-state index contributed by atoms with van der Waals surface area (Å²) < 4.78 is 112. The maximum Gasteiger partial charge on any atom is 0.435 e. The summed E-state index contributed by atoms with van der Waals surface area (Å²) in [7, 11) is 1.63. The molecule has 12 N–H and O–H groups in total. The Bertz CT molecular complexity index is 5860. The molecule has 5 aliphatic carbocycles. The van der Waals surface area contributed by atoms with Gasteiger partial charge in [-0.25, -0.2) is 24.3 Å². The Morgan fingerprint density at radius 1 is 0.638 bits per heavy atom. The number of carbonyl (C=O) groups excluding carboxylic acids is 7. The van der Waals surface area contributed by atoms with Crippen molar-refractivity contribution in [3.8, 4) is 28.6 Å². The van der Waals surface area contributed by atoms with Crippen LogP contribution in [0, 0.1) is 20.3 Å². The lowest BCUT2D eigenvalue weighted by Crippen LogP contribution is -2.36. The Morgan fingerprint density at radius 3 is 1.70 bits per heavy atom. The number of nitrogen functional groups attached to an aromatic ring is 1. The van der Waals surface area contributed by atoms with E-state index in [0.717, 1.165) is 121 Å². The van der Waals surface area contributed by atoms with Gasteiger partial charge in [-0.1, -0.05) is 71.5 Å². The minimum atomic E-state index is -4.79. The van der Waals surface area contributed by atoms with E-state index in [1.807, 2.05) is 76.2 Å². The first-order valence-electron chi connectivity index (χ1n) is 42.4. The number of methoxy groups -OCH3 is 1. The molecule has 127 heavy (non-hydrogen) atoms. The standard InChI is InChI=1S/C26H31F3N4O4.C24H29F3N4O2.C22H23N3O3.C19H23IN6O2S/c1-4-21(35)37-16-8-5-14(6-9-16)31-18-11-15(7-10-17(18)24(30)36)33-19-12-25(2,3)13-20(34)22(19)23(32-33)26(27,28)29;1-13-4-6-14(7-5-13)29-17-10-15(8-9-16(17)22(28)33)31-18-11-23(2,3)12-19(32)20(18)21(30-31)24(25,26)27;1-28-12-11-24-17-13-14(9-10-15(17)22(23)27)25-18-6-3-2-5-16(18)21-19(25)7-4-8-20(21)26;1-19(2,3)24-5-4-6-26-17-15(16(21)22-9-23-17)25-18(26)29-14-8-13-12(7-11(14)20)27-10-28-13/h7,10-11,14,16,31H,4-6,8-9,12-13H2,1-3H3,(H2,30,36);8-10,13-14,29H,4-7,11-12H2,1-3H3,(H2,28,33);2-3,5-6,9-10,13,24H,4,7-8,11-12H2,1H3,(H2,23,27);7-9,24H,4-6,10H2,1-3H3,(H2,21,22,23). The van der Waals surface area contributed by atoms with E-state index in [-0.39, 0.29) is 107 Å². The number of benzene rings is 5. The number of hydrogen-bond donors (Lipinski definition) is 8. The Balaban J connectivity index is 0.000000146. The number of rotatable bonds is 22. The van der Waals surface area contributed by atoms with Gasteiger partial charge >= 0.3 is 18.3 Å². The summed E-state index contributed by atoms with van der Waals surface area (Å²) in [4.78, 5) is 100.0. The minimum absolute atomic E-state index is 0.00155. The number of anilines is 4. The van der Waals surface area contributed by atoms with E-state index in [4.69, 9.17) is 46.9 Å². The van der Waals surface area contributed by atoms with Gasteiger partial charge in [-0.05, 0) is 223 Å². The number of halogens is 7. The molecule has 16 rings (SSSR count). The van der Waals surface area contributed by atoms with Crippen LogP contribution in [0.5, 0.6) is 11.5 Å². The number of esters is 1. The number of fused-ring (bicyclic) bond motifs is 7. The molecule has 6 heterocycles. The zero-order chi connectivity index (χ0) is 91.5. The van der Waals surface area contributed by atoms with Gasteiger partial charge in [-0.2, -0.15) is 36.5 Å². The van der Waals surface area contributed by atoms with Crippen LogP contribution in [0.4, 0.5) is 49.2 Å². The van der Waals surface area contributed by atoms with Crippen LogP contribution in [0.1, 0.15) is 243 Å². The van der Waals surface area contributed by atoms with Gasteiger partial charge in [-0.15, -0.1) is 0 Å². The third kappa shape index (κ3) is 21.7. The highest BCUT2D eigenvalue weighted by Crippen LogP contribution is 2.47. The first-order chi connectivity index (χ1) is 60.1. The van der Waals surface area contributed by atoms with Crippen molar-refractivity contribution in [2.75, 3.05) is 55.3 Å². The number of nitrogens with two attached hydrogens (primary N) is 4. The maximum atomic E-state index is 13.8. The van der Waals surface area contributed by atoms with Crippen LogP contribution in [0.2, 0.25) is 0 Å². The van der Waals surface area contributed by atoms with Crippen LogP contribution in [0.3, 0.4) is 0 Å². The molecule has 1 aliphatic heterocycles. The second kappa shape index (κ2) is 38.4. The second-order valence-electron chi connectivity index (χ2n) is 35.5. The number of amides is 3. The van der Waals surface area contributed by atoms with Crippen molar-refractivity contribution in [2.45, 2.75) is 224 Å². The van der Waals surface area contributed by atoms with Crippen LogP contribution in [-0.2, 0) is 52.4 Å². The van der Waals surface area contributed by atoms with Crippen molar-refractivity contribution in [3.63, 3.8) is 0 Å². The molecule has 6 aliphatic rings. The van der Waals surface area contributed by atoms with Gasteiger partial charge < -0.3 is 72.3 Å². The number of aromatic nitrogens is 9. The van der Waals surface area contributed by atoms with Crippen molar-refractivity contribution < 1.29 is 78.9 Å². The molecule has 5 aromatic carbocycles. The number of nitrogens with one attached hydrogen (secondary N) is 4. The van der Waals surface area contributed by atoms with Crippen molar-refractivity contribution >= 4 is 120 Å². The highest BCUT2D eigenvalue weighted by molar-refractivity contribution is 14.1. The molecule has 0 spiro atoms. The molecule has 28 nitrogen and oxygen atoms in total. The Hall–Kier alpha value is -11.1. The molecule has 3 amide bonds. The van der Waals surface area contributed by atoms with Gasteiger partial charge in [0.15, 0.2) is 62.4 Å². The SMILES string of the molecule is CC(C)(C)NCCCn1c(Sc2cc3c(cc2I)OCO3)nc2c(N)ncnc21.CC1CCC(Nc2cc(-n3nc(C(F)(F)F)c4c3CC(C)(C)CC4=O)ccc2C(N)=O)CC1.CCC(=O)OC1CCC(Nc2cc(-n3nc(C(F)(F)F)c4c3CC(C)(C)CC4=O)ccc2C(N)=O)CC1.COCCNc1cc(-n2c3c(c4ccccc42)C(=O)CCC3)ccc1C(N)=O. The van der Waals surface area contributed by atoms with E-state index >= 15 is 0 Å². The summed E-state index contributed by atoms with van der Waals surface area (Å²) >= 11 is 3.87. The number of alkyl halides is 6. The summed E-state index contributed by atoms with van der Waals surface area (Å²) in [6.45, 7) is 20.8. The number of Topliss-reactive ketones (excluding diaryl/α,β-unsaturated/α-hetero) is 3. The topological polar surface area (TPSA) is 393 Å². The number of aryl methyl sites for hydroxylation is 1. The highest BCUT2D eigenvalue weighted by Gasteiger charge is 2.48. The quantitative estimate of drug-likeness (QED) is 0.0135. The average molecular weight is 1890 g/mol. The number of carbonyl (C=O) groups is 7. The number of para-hydroxylation sites is 1. The van der Waals surface area contributed by atoms with E-state index in [1.54, 1.807) is 44.0 Å². The molecular formula is C91H106F6IN17O11S. The van der Waals surface area contributed by atoms with Crippen LogP contribution >= 0.6 is 34.4 Å². The predicted octanol–water partition coefficient (Wildman–Crippen LogP) is 16.9. The monoisotopic (exact) mass is 1890 g/mol. The zero-order valence-corrected chi connectivity index (χ0v) is 75.5. The lowest BCUT2D eigenvalue weighted by Gasteiger charge is -2.30. The molecular weight excluding hydrogens is 1780 g/mol. The van der Waals surface area contributed by atoms with E-state index in [9.17, 15) is 59.9 Å². The van der Waals surface area contributed by atoms with Gasteiger partial charge in [0.1, 0.15) is 12.4 Å². The van der Waals surface area contributed by atoms with Gasteiger partial charge in [0.05, 0.1) is 62.7 Å². The second-order valence-corrected chi connectivity index (χ2v) is 37.7. The normalized spacial score (nSPS) is 18.1. The van der Waals surface area contributed by atoms with Crippen molar-refractivity contribution in [3.05, 3.63) is 163 Å². The summed E-state index contributed by atoms with van der Waals surface area (Å²) in [5, 5.41) is 22.9.